The number of aromatic nitrogens is 3. The van der Waals surface area contributed by atoms with Gasteiger partial charge in [-0.2, -0.15) is 0 Å². The fourth-order valence-electron chi connectivity index (χ4n) is 1.24. The first-order valence-corrected chi connectivity index (χ1v) is 3.63. The Labute approximate surface area is 86.5 Å². The van der Waals surface area contributed by atoms with Gasteiger partial charge in [-0.05, 0) is 0 Å². The van der Waals surface area contributed by atoms with E-state index in [9.17, 15) is 9.90 Å². The van der Waals surface area contributed by atoms with Crippen molar-refractivity contribution >= 4 is 5.97 Å². The van der Waals surface area contributed by atoms with Crippen LogP contribution in [-0.4, -0.2) is 27.3 Å². The van der Waals surface area contributed by atoms with E-state index in [1.54, 1.807) is 4.57 Å². The van der Waals surface area contributed by atoms with Crippen molar-refractivity contribution in [2.45, 2.75) is 13.1 Å². The number of fused-ring (bicyclic) bond motifs is 1. The Hall–Kier alpha value is -0.833. The normalized spacial score (nSPS) is 14.5. The molecule has 64 valence electrons. The fraction of sp³-hybridized carbons (Fsp3) is 0.500. The maximum Gasteiger partial charge on any atom is 1.00 e. The van der Waals surface area contributed by atoms with Crippen molar-refractivity contribution < 1.29 is 28.8 Å². The number of aromatic carboxylic acids is 1. The second-order valence-electron chi connectivity index (χ2n) is 2.56. The largest absolute Gasteiger partial charge is 1.00 e. The molecule has 0 aliphatic carbocycles. The molecule has 0 saturated heterocycles. The predicted octanol–water partition coefficient (Wildman–Crippen LogP) is -5.25. The summed E-state index contributed by atoms with van der Waals surface area (Å²) >= 11 is 0. The van der Waals surface area contributed by atoms with Gasteiger partial charge >= 0.3 is 18.9 Å². The molecule has 0 unspecified atom stereocenters. The first kappa shape index (κ1) is 10.2. The number of carboxylic acid groups (broad SMARTS) is 1. The van der Waals surface area contributed by atoms with Gasteiger partial charge in [0.2, 0.25) is 0 Å². The molecule has 7 heteroatoms. The van der Waals surface area contributed by atoms with Gasteiger partial charge in [-0.25, -0.2) is 0 Å². The van der Waals surface area contributed by atoms with Crippen LogP contribution in [0.15, 0.2) is 0 Å². The average Bonchev–Trinajstić information content (AvgIpc) is 2.47. The number of carboxylic acids is 1. The van der Waals surface area contributed by atoms with Crippen LogP contribution in [0.1, 0.15) is 16.4 Å². The van der Waals surface area contributed by atoms with E-state index in [1.165, 1.54) is 0 Å². The molecule has 1 aromatic heterocycles. The Morgan fingerprint density at radius 3 is 3.00 bits per heavy atom. The number of rotatable bonds is 1. The Morgan fingerprint density at radius 1 is 1.54 bits per heavy atom. The number of hydrogen-bond donors (Lipinski definition) is 1. The van der Waals surface area contributed by atoms with Crippen molar-refractivity contribution in [1.29, 1.82) is 0 Å². The van der Waals surface area contributed by atoms with Crippen molar-refractivity contribution in [2.24, 2.45) is 0 Å². The molecule has 0 bridgehead atoms. The Kier molecular flexibility index (Phi) is 3.09. The van der Waals surface area contributed by atoms with Gasteiger partial charge in [-0.3, -0.25) is 0 Å². The molecule has 0 saturated carbocycles. The second kappa shape index (κ2) is 3.92. The molecule has 2 rings (SSSR count). The molecule has 2 heterocycles. The third kappa shape index (κ3) is 1.75. The maximum atomic E-state index is 10.5. The minimum atomic E-state index is -1.27. The molecule has 1 aliphatic heterocycles. The van der Waals surface area contributed by atoms with Crippen LogP contribution in [0.25, 0.3) is 0 Å². The van der Waals surface area contributed by atoms with E-state index in [0.29, 0.717) is 18.9 Å². The van der Waals surface area contributed by atoms with E-state index < -0.39 is 5.97 Å². The molecule has 0 amide bonds. The van der Waals surface area contributed by atoms with Crippen LogP contribution in [0.5, 0.6) is 0 Å². The molecule has 0 aromatic carbocycles. The first-order chi connectivity index (χ1) is 5.79. The van der Waals surface area contributed by atoms with Gasteiger partial charge in [-0.15, -0.1) is 10.2 Å². The molecule has 1 N–H and O–H groups in total. The molecule has 1 aromatic rings. The van der Waals surface area contributed by atoms with Gasteiger partial charge < -0.3 is 19.8 Å². The standard InChI is InChI=1S/C6H8N4O2.Li/c11-6(12)5-9-8-4-3-7-1-2-10(4)5;/h7H,1-3H2,(H,11,12);/q;+1/p-1. The summed E-state index contributed by atoms with van der Waals surface area (Å²) in [5, 5.41) is 20.8. The van der Waals surface area contributed by atoms with Crippen molar-refractivity contribution in [3.63, 3.8) is 0 Å². The van der Waals surface area contributed by atoms with Crippen LogP contribution in [0.4, 0.5) is 0 Å². The SMILES string of the molecule is O=C([O-])c1nnc2n1CCNC2.[Li+]. The van der Waals surface area contributed by atoms with Gasteiger partial charge in [0, 0.05) is 13.1 Å². The van der Waals surface area contributed by atoms with Crippen LogP contribution in [0.2, 0.25) is 0 Å². The van der Waals surface area contributed by atoms with Gasteiger partial charge in [0.05, 0.1) is 6.54 Å². The monoisotopic (exact) mass is 174 g/mol. The minimum Gasteiger partial charge on any atom is -0.541 e. The summed E-state index contributed by atoms with van der Waals surface area (Å²) in [6, 6.07) is 0. The Morgan fingerprint density at radius 2 is 2.31 bits per heavy atom. The van der Waals surface area contributed by atoms with Crippen molar-refractivity contribution in [1.82, 2.24) is 20.1 Å². The number of carbonyl (C=O) groups excluding carboxylic acids is 1. The zero-order chi connectivity index (χ0) is 8.55. The topological polar surface area (TPSA) is 82.9 Å². The summed E-state index contributed by atoms with van der Waals surface area (Å²) in [6.07, 6.45) is 0. The van der Waals surface area contributed by atoms with E-state index in [2.05, 4.69) is 15.5 Å². The molecular weight excluding hydrogens is 167 g/mol. The maximum absolute atomic E-state index is 10.5. The third-order valence-corrected chi connectivity index (χ3v) is 1.81. The quantitative estimate of drug-likeness (QED) is 0.430. The number of nitrogens with zero attached hydrogens (tertiary/aromatic N) is 3. The summed E-state index contributed by atoms with van der Waals surface area (Å²) in [6.45, 7) is 1.90. The zero-order valence-corrected chi connectivity index (χ0v) is 7.28. The zero-order valence-electron chi connectivity index (χ0n) is 7.28. The molecule has 13 heavy (non-hydrogen) atoms. The van der Waals surface area contributed by atoms with Crippen LogP contribution in [-0.2, 0) is 13.1 Å². The molecule has 0 atom stereocenters. The molecule has 0 spiro atoms. The molecule has 0 fully saturated rings. The van der Waals surface area contributed by atoms with Gasteiger partial charge in [-0.1, -0.05) is 0 Å². The number of hydrogen-bond acceptors (Lipinski definition) is 5. The second-order valence-corrected chi connectivity index (χ2v) is 2.56. The van der Waals surface area contributed by atoms with Crippen LogP contribution in [0.3, 0.4) is 0 Å². The summed E-state index contributed by atoms with van der Waals surface area (Å²) in [4.78, 5) is 10.5. The predicted molar refractivity (Wildman–Crippen MR) is 36.1 cm³/mol. The summed E-state index contributed by atoms with van der Waals surface area (Å²) in [7, 11) is 0. The molecule has 0 radical (unpaired) electrons. The van der Waals surface area contributed by atoms with Crippen molar-refractivity contribution in [3.8, 4) is 0 Å². The number of nitrogens with one attached hydrogen (secondary N) is 1. The van der Waals surface area contributed by atoms with Gasteiger partial charge in [0.25, 0.3) is 0 Å². The Balaban J connectivity index is 0.000000845. The average molecular weight is 174 g/mol. The first-order valence-electron chi connectivity index (χ1n) is 3.63. The summed E-state index contributed by atoms with van der Waals surface area (Å²) in [5.41, 5.74) is 0. The summed E-state index contributed by atoms with van der Waals surface area (Å²) < 4.78 is 1.56. The van der Waals surface area contributed by atoms with Crippen LogP contribution < -0.4 is 29.3 Å². The summed E-state index contributed by atoms with van der Waals surface area (Å²) in [5.74, 6) is -0.692. The van der Waals surface area contributed by atoms with Crippen LogP contribution in [0, 0.1) is 0 Å². The van der Waals surface area contributed by atoms with E-state index in [1.807, 2.05) is 0 Å². The molecular formula is C6H7LiN4O2. The fourth-order valence-corrected chi connectivity index (χ4v) is 1.24. The minimum absolute atomic E-state index is 0. The van der Waals surface area contributed by atoms with Crippen molar-refractivity contribution in [3.05, 3.63) is 11.6 Å². The number of carbonyl (C=O) groups is 1. The molecule has 1 aliphatic rings. The smallest absolute Gasteiger partial charge is 0.541 e. The van der Waals surface area contributed by atoms with E-state index in [4.69, 9.17) is 0 Å². The van der Waals surface area contributed by atoms with Gasteiger partial charge in [0.1, 0.15) is 11.8 Å². The van der Waals surface area contributed by atoms with Gasteiger partial charge in [0.15, 0.2) is 5.82 Å². The van der Waals surface area contributed by atoms with E-state index >= 15 is 0 Å². The molecule has 6 nitrogen and oxygen atoms in total. The van der Waals surface area contributed by atoms with Crippen molar-refractivity contribution in [2.75, 3.05) is 6.54 Å². The third-order valence-electron chi connectivity index (χ3n) is 1.81. The Bertz CT molecular complexity index is 324. The van der Waals surface area contributed by atoms with E-state index in [0.717, 1.165) is 6.54 Å². The van der Waals surface area contributed by atoms with E-state index in [-0.39, 0.29) is 24.7 Å². The van der Waals surface area contributed by atoms with Crippen LogP contribution >= 0.6 is 0 Å².